The molecule has 0 fully saturated rings. The average Bonchev–Trinajstić information content (AvgIpc) is 3.40. The van der Waals surface area contributed by atoms with Gasteiger partial charge in [-0.05, 0) is 71.9 Å². The first-order chi connectivity index (χ1) is 18.5. The maximum atomic E-state index is 13.2. The number of furan rings is 1. The van der Waals surface area contributed by atoms with Gasteiger partial charge >= 0.3 is 24.8 Å². The van der Waals surface area contributed by atoms with Crippen molar-refractivity contribution in [2.75, 3.05) is 12.0 Å². The van der Waals surface area contributed by atoms with Gasteiger partial charge in [0.25, 0.3) is 5.91 Å². The Morgan fingerprint density at radius 1 is 0.949 bits per heavy atom. The normalized spacial score (nSPS) is 11.4. The van der Waals surface area contributed by atoms with Gasteiger partial charge in [-0.15, -0.1) is 0 Å². The Labute approximate surface area is 245 Å². The number of carbonyl (C=O) groups is 2. The van der Waals surface area contributed by atoms with Crippen molar-refractivity contribution in [3.63, 3.8) is 0 Å². The van der Waals surface area contributed by atoms with Crippen LogP contribution in [0.15, 0.2) is 89.3 Å². The Morgan fingerprint density at radius 3 is 2.41 bits per heavy atom. The van der Waals surface area contributed by atoms with E-state index < -0.39 is 17.9 Å². The quantitative estimate of drug-likeness (QED) is 0.218. The molecule has 1 unspecified atom stereocenters. The number of ether oxygens (including phenoxy) is 1. The van der Waals surface area contributed by atoms with Gasteiger partial charge in [0.1, 0.15) is 24.2 Å². The summed E-state index contributed by atoms with van der Waals surface area (Å²) in [6.07, 6.45) is 2.26. The van der Waals surface area contributed by atoms with Crippen molar-refractivity contribution in [3.05, 3.63) is 107 Å². The first kappa shape index (κ1) is 30.3. The van der Waals surface area contributed by atoms with Crippen LogP contribution in [0.4, 0.5) is 0 Å². The van der Waals surface area contributed by atoms with Crippen LogP contribution in [0.3, 0.4) is 0 Å². The summed E-state index contributed by atoms with van der Waals surface area (Å²) in [5, 5.41) is 12.3. The average molecular weight is 538 g/mol. The molecule has 2 N–H and O–H groups in total. The third kappa shape index (κ3) is 8.14. The van der Waals surface area contributed by atoms with Gasteiger partial charge in [0.15, 0.2) is 0 Å². The van der Waals surface area contributed by atoms with Crippen molar-refractivity contribution in [1.82, 2.24) is 5.32 Å². The molecule has 6 nitrogen and oxygen atoms in total. The molecule has 0 saturated heterocycles. The molecule has 4 aromatic rings. The molecule has 0 aliphatic heterocycles. The molecule has 1 atom stereocenters. The molecule has 0 radical (unpaired) electrons. The number of carboxylic acid groups (broad SMARTS) is 1. The van der Waals surface area contributed by atoms with Crippen LogP contribution in [-0.2, 0) is 22.7 Å². The van der Waals surface area contributed by atoms with Crippen LogP contribution in [0.1, 0.15) is 33.7 Å². The second-order valence-corrected chi connectivity index (χ2v) is 9.95. The molecule has 0 aliphatic rings. The monoisotopic (exact) mass is 537 g/mol. The minimum absolute atomic E-state index is 0. The number of carbonyl (C=O) groups excluding carboxylic acids is 1. The van der Waals surface area contributed by atoms with E-state index in [2.05, 4.69) is 5.32 Å². The Hall–Kier alpha value is -3.21. The zero-order valence-corrected chi connectivity index (χ0v) is 22.3. The number of aryl methyl sites for hydroxylation is 1. The summed E-state index contributed by atoms with van der Waals surface area (Å²) in [6.45, 7) is 2.62. The fourth-order valence-corrected chi connectivity index (χ4v) is 4.66. The van der Waals surface area contributed by atoms with E-state index in [1.165, 1.54) is 0 Å². The zero-order chi connectivity index (χ0) is 26.9. The SMILES string of the molecule is CSCCC(NC(=O)c1ccc(COCc2ccc(-c3ccccc3)o2)cc1-c1ccccc1C)C(=O)O.[LiH]. The number of aliphatic carboxylic acids is 1. The number of nitrogens with one attached hydrogen (secondary N) is 1. The molecule has 1 amide bonds. The predicted molar refractivity (Wildman–Crippen MR) is 158 cm³/mol. The topological polar surface area (TPSA) is 88.8 Å². The number of hydrogen-bond acceptors (Lipinski definition) is 5. The van der Waals surface area contributed by atoms with E-state index in [4.69, 9.17) is 9.15 Å². The van der Waals surface area contributed by atoms with Crippen molar-refractivity contribution in [3.8, 4) is 22.5 Å². The number of rotatable bonds is 12. The van der Waals surface area contributed by atoms with Crippen molar-refractivity contribution in [2.45, 2.75) is 32.6 Å². The predicted octanol–water partition coefficient (Wildman–Crippen LogP) is 5.93. The van der Waals surface area contributed by atoms with Crippen LogP contribution in [0.2, 0.25) is 0 Å². The van der Waals surface area contributed by atoms with Gasteiger partial charge in [-0.2, -0.15) is 11.8 Å². The van der Waals surface area contributed by atoms with Crippen molar-refractivity contribution in [2.24, 2.45) is 0 Å². The van der Waals surface area contributed by atoms with Crippen molar-refractivity contribution in [1.29, 1.82) is 0 Å². The molecule has 0 aliphatic carbocycles. The summed E-state index contributed by atoms with van der Waals surface area (Å²) >= 11 is 1.54. The van der Waals surface area contributed by atoms with Gasteiger partial charge in [-0.1, -0.05) is 60.7 Å². The molecule has 4 rings (SSSR count). The molecule has 0 saturated carbocycles. The first-order valence-electron chi connectivity index (χ1n) is 12.4. The van der Waals surface area contributed by atoms with Gasteiger partial charge in [0.05, 0.1) is 6.61 Å². The van der Waals surface area contributed by atoms with E-state index in [0.29, 0.717) is 31.0 Å². The van der Waals surface area contributed by atoms with E-state index in [-0.39, 0.29) is 18.9 Å². The zero-order valence-electron chi connectivity index (χ0n) is 21.5. The van der Waals surface area contributed by atoms with E-state index in [0.717, 1.165) is 39.3 Å². The van der Waals surface area contributed by atoms with Gasteiger partial charge in [-0.3, -0.25) is 4.79 Å². The van der Waals surface area contributed by atoms with Crippen LogP contribution in [0.25, 0.3) is 22.5 Å². The summed E-state index contributed by atoms with van der Waals surface area (Å²) in [7, 11) is 0. The summed E-state index contributed by atoms with van der Waals surface area (Å²) in [6, 6.07) is 26.1. The molecular weight excluding hydrogens is 505 g/mol. The molecule has 198 valence electrons. The number of hydrogen-bond donors (Lipinski definition) is 2. The fourth-order valence-electron chi connectivity index (χ4n) is 4.19. The Balaban J connectivity index is 0.00000420. The van der Waals surface area contributed by atoms with Crippen molar-refractivity contribution >= 4 is 42.5 Å². The van der Waals surface area contributed by atoms with Crippen LogP contribution in [0, 0.1) is 6.92 Å². The Bertz CT molecular complexity index is 1390. The van der Waals surface area contributed by atoms with Crippen molar-refractivity contribution < 1.29 is 23.8 Å². The van der Waals surface area contributed by atoms with E-state index in [9.17, 15) is 14.7 Å². The third-order valence-corrected chi connectivity index (χ3v) is 6.85. The number of benzene rings is 3. The van der Waals surface area contributed by atoms with Gasteiger partial charge in [-0.25, -0.2) is 4.79 Å². The molecule has 8 heteroatoms. The Kier molecular flexibility index (Phi) is 11.5. The van der Waals surface area contributed by atoms with Crippen LogP contribution in [0.5, 0.6) is 0 Å². The molecular formula is C31H32LiNO5S. The second kappa shape index (κ2) is 14.8. The number of carboxylic acids is 1. The van der Waals surface area contributed by atoms with E-state index in [1.807, 2.05) is 92.0 Å². The molecule has 0 bridgehead atoms. The van der Waals surface area contributed by atoms with E-state index >= 15 is 0 Å². The summed E-state index contributed by atoms with van der Waals surface area (Å²) in [5.74, 6) is 0.708. The van der Waals surface area contributed by atoms with Crippen LogP contribution in [-0.4, -0.2) is 53.9 Å². The second-order valence-electron chi connectivity index (χ2n) is 8.97. The molecule has 1 aromatic heterocycles. The first-order valence-corrected chi connectivity index (χ1v) is 13.8. The fraction of sp³-hybridized carbons (Fsp3) is 0.226. The Morgan fingerprint density at radius 2 is 1.69 bits per heavy atom. The third-order valence-electron chi connectivity index (χ3n) is 6.21. The number of amides is 1. The molecule has 0 spiro atoms. The summed E-state index contributed by atoms with van der Waals surface area (Å²) in [5.41, 5.74) is 4.99. The van der Waals surface area contributed by atoms with E-state index in [1.54, 1.807) is 17.8 Å². The van der Waals surface area contributed by atoms with Crippen LogP contribution >= 0.6 is 11.8 Å². The maximum absolute atomic E-state index is 13.2. The standard InChI is InChI=1S/C31H31NO5S.Li.H/c1-21-8-6-7-11-25(21)27-18-22(12-14-26(27)30(33)32-28(31(34)35)16-17-38-2)19-36-20-24-13-15-29(37-24)23-9-4-3-5-10-23;;/h3-15,18,28H,16-17,19-20H2,1-2H3,(H,32,33)(H,34,35);;. The van der Waals surface area contributed by atoms with Gasteiger partial charge in [0.2, 0.25) is 0 Å². The molecule has 1 heterocycles. The number of thioether (sulfide) groups is 1. The summed E-state index contributed by atoms with van der Waals surface area (Å²) in [4.78, 5) is 24.9. The van der Waals surface area contributed by atoms with Gasteiger partial charge in [0, 0.05) is 11.1 Å². The van der Waals surface area contributed by atoms with Crippen LogP contribution < -0.4 is 5.32 Å². The minimum atomic E-state index is -1.04. The summed E-state index contributed by atoms with van der Waals surface area (Å²) < 4.78 is 11.9. The van der Waals surface area contributed by atoms with Gasteiger partial charge < -0.3 is 19.6 Å². The molecule has 3 aromatic carbocycles. The molecule has 39 heavy (non-hydrogen) atoms.